The summed E-state index contributed by atoms with van der Waals surface area (Å²) in [5.41, 5.74) is 2.80. The summed E-state index contributed by atoms with van der Waals surface area (Å²) in [6, 6.07) is 12.5. The summed E-state index contributed by atoms with van der Waals surface area (Å²) in [7, 11) is 0. The Morgan fingerprint density at radius 3 is 2.55 bits per heavy atom. The summed E-state index contributed by atoms with van der Waals surface area (Å²) in [5, 5.41) is 4.12. The van der Waals surface area contributed by atoms with Crippen LogP contribution in [0.25, 0.3) is 0 Å². The Hall–Kier alpha value is -1.38. The van der Waals surface area contributed by atoms with Crippen LogP contribution in [-0.4, -0.2) is 6.54 Å². The molecule has 106 valence electrons. The van der Waals surface area contributed by atoms with Crippen LogP contribution < -0.4 is 5.32 Å². The molecule has 1 N–H and O–H groups in total. The van der Waals surface area contributed by atoms with Crippen LogP contribution in [0.5, 0.6) is 0 Å². The lowest BCUT2D eigenvalue weighted by Gasteiger charge is -2.22. The second kappa shape index (κ2) is 6.87. The number of hydrogen-bond acceptors (Lipinski definition) is 1. The van der Waals surface area contributed by atoms with Crippen molar-refractivity contribution in [2.75, 3.05) is 6.54 Å². The molecule has 0 aromatic heterocycles. The fourth-order valence-electron chi connectivity index (χ4n) is 2.35. The van der Waals surface area contributed by atoms with E-state index in [0.29, 0.717) is 10.6 Å². The summed E-state index contributed by atoms with van der Waals surface area (Å²) in [4.78, 5) is 0. The second-order valence-electron chi connectivity index (χ2n) is 4.91. The lowest BCUT2D eigenvalue weighted by atomic mass is 9.94. The molecule has 0 heterocycles. The van der Waals surface area contributed by atoms with E-state index in [1.807, 2.05) is 37.3 Å². The van der Waals surface area contributed by atoms with Gasteiger partial charge in [-0.3, -0.25) is 0 Å². The molecule has 0 aliphatic rings. The second-order valence-corrected chi connectivity index (χ2v) is 5.35. The Labute approximate surface area is 124 Å². The third-order valence-electron chi connectivity index (χ3n) is 3.36. The predicted octanol–water partition coefficient (Wildman–Crippen LogP) is 4.88. The van der Waals surface area contributed by atoms with Crippen LogP contribution in [0.1, 0.15) is 36.1 Å². The molecule has 0 aliphatic carbocycles. The van der Waals surface area contributed by atoms with Crippen LogP contribution in [-0.2, 0) is 0 Å². The average molecular weight is 292 g/mol. The van der Waals surface area contributed by atoms with Crippen molar-refractivity contribution < 1.29 is 4.39 Å². The maximum atomic E-state index is 14.1. The zero-order valence-corrected chi connectivity index (χ0v) is 12.5. The van der Waals surface area contributed by atoms with Gasteiger partial charge in [-0.25, -0.2) is 4.39 Å². The Bertz CT molecular complexity index is 583. The smallest absolute Gasteiger partial charge is 0.128 e. The summed E-state index contributed by atoms with van der Waals surface area (Å²) in [6.45, 7) is 4.93. The molecule has 0 spiro atoms. The van der Waals surface area contributed by atoms with E-state index in [2.05, 4.69) is 12.2 Å². The van der Waals surface area contributed by atoms with E-state index in [-0.39, 0.29) is 11.9 Å². The molecule has 2 aromatic rings. The maximum Gasteiger partial charge on any atom is 0.128 e. The molecule has 0 amide bonds. The minimum Gasteiger partial charge on any atom is -0.306 e. The molecule has 0 bridgehead atoms. The van der Waals surface area contributed by atoms with Gasteiger partial charge in [0.2, 0.25) is 0 Å². The summed E-state index contributed by atoms with van der Waals surface area (Å²) in [6.07, 6.45) is 0.998. The normalized spacial score (nSPS) is 12.4. The molecule has 3 heteroatoms. The third kappa shape index (κ3) is 3.38. The number of benzene rings is 2. The zero-order valence-electron chi connectivity index (χ0n) is 11.8. The van der Waals surface area contributed by atoms with Gasteiger partial charge in [0.05, 0.1) is 6.04 Å². The SMILES string of the molecule is CCCNC(c1ccc(Cl)cc1C)c1ccccc1F. The number of halogens is 2. The van der Waals surface area contributed by atoms with Crippen molar-refractivity contribution in [2.45, 2.75) is 26.3 Å². The molecule has 0 radical (unpaired) electrons. The van der Waals surface area contributed by atoms with Crippen LogP contribution in [0.3, 0.4) is 0 Å². The highest BCUT2D eigenvalue weighted by molar-refractivity contribution is 6.30. The highest BCUT2D eigenvalue weighted by Gasteiger charge is 2.18. The molecule has 1 nitrogen and oxygen atoms in total. The molecule has 2 rings (SSSR count). The van der Waals surface area contributed by atoms with Gasteiger partial charge < -0.3 is 5.32 Å². The fraction of sp³-hybridized carbons (Fsp3) is 0.294. The van der Waals surface area contributed by atoms with Crippen LogP contribution in [0.2, 0.25) is 5.02 Å². The van der Waals surface area contributed by atoms with Gasteiger partial charge in [0, 0.05) is 10.6 Å². The Morgan fingerprint density at radius 2 is 1.90 bits per heavy atom. The average Bonchev–Trinajstić information content (AvgIpc) is 2.42. The lowest BCUT2D eigenvalue weighted by Crippen LogP contribution is -2.24. The van der Waals surface area contributed by atoms with Gasteiger partial charge >= 0.3 is 0 Å². The Kier molecular flexibility index (Phi) is 5.16. The number of hydrogen-bond donors (Lipinski definition) is 1. The van der Waals surface area contributed by atoms with E-state index in [4.69, 9.17) is 11.6 Å². The quantitative estimate of drug-likeness (QED) is 0.828. The largest absolute Gasteiger partial charge is 0.306 e. The predicted molar refractivity (Wildman–Crippen MR) is 82.7 cm³/mol. The molecular formula is C17H19ClFN. The van der Waals surface area contributed by atoms with Gasteiger partial charge in [-0.1, -0.05) is 42.8 Å². The van der Waals surface area contributed by atoms with Gasteiger partial charge in [0.1, 0.15) is 5.82 Å². The van der Waals surface area contributed by atoms with Crippen LogP contribution in [0.15, 0.2) is 42.5 Å². The molecule has 2 aromatic carbocycles. The number of rotatable bonds is 5. The van der Waals surface area contributed by atoms with Gasteiger partial charge in [-0.15, -0.1) is 0 Å². The minimum atomic E-state index is -0.185. The highest BCUT2D eigenvalue weighted by atomic mass is 35.5. The molecule has 0 fully saturated rings. The first-order valence-corrected chi connectivity index (χ1v) is 7.25. The van der Waals surface area contributed by atoms with Crippen molar-refractivity contribution in [3.8, 4) is 0 Å². The Balaban J connectivity index is 2.44. The van der Waals surface area contributed by atoms with Gasteiger partial charge in [0.15, 0.2) is 0 Å². The standard InChI is InChI=1S/C17H19ClFN/c1-3-10-20-17(15-6-4-5-7-16(15)19)14-9-8-13(18)11-12(14)2/h4-9,11,17,20H,3,10H2,1-2H3. The van der Waals surface area contributed by atoms with Crippen molar-refractivity contribution in [3.63, 3.8) is 0 Å². The minimum absolute atomic E-state index is 0.145. The number of nitrogens with one attached hydrogen (secondary N) is 1. The van der Waals surface area contributed by atoms with Crippen molar-refractivity contribution >= 4 is 11.6 Å². The van der Waals surface area contributed by atoms with Gasteiger partial charge in [-0.2, -0.15) is 0 Å². The van der Waals surface area contributed by atoms with E-state index in [1.54, 1.807) is 6.07 Å². The van der Waals surface area contributed by atoms with Crippen molar-refractivity contribution in [1.29, 1.82) is 0 Å². The first kappa shape index (κ1) is 15.0. The van der Waals surface area contributed by atoms with Crippen LogP contribution in [0, 0.1) is 12.7 Å². The van der Waals surface area contributed by atoms with Gasteiger partial charge in [-0.05, 0) is 49.2 Å². The first-order chi connectivity index (χ1) is 9.63. The third-order valence-corrected chi connectivity index (χ3v) is 3.59. The van der Waals surface area contributed by atoms with E-state index in [0.717, 1.165) is 24.1 Å². The molecular weight excluding hydrogens is 273 g/mol. The van der Waals surface area contributed by atoms with Crippen molar-refractivity contribution in [3.05, 3.63) is 70.0 Å². The van der Waals surface area contributed by atoms with E-state index in [9.17, 15) is 4.39 Å². The molecule has 0 saturated carbocycles. The van der Waals surface area contributed by atoms with Crippen molar-refractivity contribution in [1.82, 2.24) is 5.32 Å². The van der Waals surface area contributed by atoms with Crippen LogP contribution >= 0.6 is 11.6 Å². The van der Waals surface area contributed by atoms with E-state index in [1.165, 1.54) is 6.07 Å². The molecule has 20 heavy (non-hydrogen) atoms. The maximum absolute atomic E-state index is 14.1. The molecule has 1 atom stereocenters. The molecule has 0 aliphatic heterocycles. The Morgan fingerprint density at radius 1 is 1.15 bits per heavy atom. The summed E-state index contributed by atoms with van der Waals surface area (Å²) < 4.78 is 14.1. The summed E-state index contributed by atoms with van der Waals surface area (Å²) in [5.74, 6) is -0.185. The van der Waals surface area contributed by atoms with E-state index >= 15 is 0 Å². The van der Waals surface area contributed by atoms with Gasteiger partial charge in [0.25, 0.3) is 0 Å². The topological polar surface area (TPSA) is 12.0 Å². The van der Waals surface area contributed by atoms with Crippen molar-refractivity contribution in [2.24, 2.45) is 0 Å². The first-order valence-electron chi connectivity index (χ1n) is 6.87. The zero-order chi connectivity index (χ0) is 14.5. The lowest BCUT2D eigenvalue weighted by molar-refractivity contribution is 0.545. The fourth-order valence-corrected chi connectivity index (χ4v) is 2.57. The highest BCUT2D eigenvalue weighted by Crippen LogP contribution is 2.28. The molecule has 0 saturated heterocycles. The summed E-state index contributed by atoms with van der Waals surface area (Å²) >= 11 is 6.01. The van der Waals surface area contributed by atoms with Crippen LogP contribution in [0.4, 0.5) is 4.39 Å². The molecule has 1 unspecified atom stereocenters. The monoisotopic (exact) mass is 291 g/mol. The van der Waals surface area contributed by atoms with E-state index < -0.39 is 0 Å². The number of aryl methyl sites for hydroxylation is 1.